The largest absolute Gasteiger partial charge is 4.00 e. The van der Waals surface area contributed by atoms with Gasteiger partial charge in [-0.3, -0.25) is 29.0 Å². The van der Waals surface area contributed by atoms with Crippen LogP contribution in [-0.2, 0) is 53.7 Å². The van der Waals surface area contributed by atoms with Gasteiger partial charge < -0.3 is 0 Å². The SMILES string of the molecule is CC1=C(C)C(=O)N(C(C)Cc2ccc(F)[c-]c2F)C1=O.CC1=C(C)C(=O)N(C(C)Cc2ccc(F)[c-]c2F)C1=O.[Ti+4].c1cc[cH-]c1.c1cc[cH-]c1. The maximum absolute atomic E-state index is 13.6. The topological polar surface area (TPSA) is 74.8 Å². The van der Waals surface area contributed by atoms with Crippen LogP contribution in [0.1, 0.15) is 52.7 Å². The Bertz CT molecular complexity index is 1650. The smallest absolute Gasteiger partial charge is 0.273 e. The van der Waals surface area contributed by atoms with Crippen molar-refractivity contribution in [1.29, 1.82) is 0 Å². The van der Waals surface area contributed by atoms with Crippen LogP contribution in [0.5, 0.6) is 0 Å². The number of carbonyl (C=O) groups excluding carboxylic acids is 4. The zero-order valence-corrected chi connectivity index (χ0v) is 30.8. The van der Waals surface area contributed by atoms with Crippen molar-refractivity contribution >= 4 is 23.6 Å². The van der Waals surface area contributed by atoms with Crippen molar-refractivity contribution < 1.29 is 58.5 Å². The minimum Gasteiger partial charge on any atom is -0.273 e. The summed E-state index contributed by atoms with van der Waals surface area (Å²) < 4.78 is 52.7. The molecular formula is C40H38F4N2O4Ti. The van der Waals surface area contributed by atoms with Crippen LogP contribution >= 0.6 is 0 Å². The minimum atomic E-state index is -0.794. The molecule has 0 N–H and O–H groups in total. The third-order valence-corrected chi connectivity index (χ3v) is 8.19. The van der Waals surface area contributed by atoms with Crippen molar-refractivity contribution in [3.8, 4) is 0 Å². The van der Waals surface area contributed by atoms with Gasteiger partial charge in [0.1, 0.15) is 0 Å². The first-order valence-electron chi connectivity index (χ1n) is 15.8. The Kier molecular flexibility index (Phi) is 16.4. The molecule has 2 heterocycles. The summed E-state index contributed by atoms with van der Waals surface area (Å²) in [6.45, 7) is 9.68. The van der Waals surface area contributed by atoms with Crippen molar-refractivity contribution in [1.82, 2.24) is 9.80 Å². The average Bonchev–Trinajstić information content (AvgIpc) is 3.90. The van der Waals surface area contributed by atoms with E-state index < -0.39 is 35.4 Å². The summed E-state index contributed by atoms with van der Waals surface area (Å²) in [4.78, 5) is 50.2. The van der Waals surface area contributed by atoms with Gasteiger partial charge in [0, 0.05) is 57.6 Å². The van der Waals surface area contributed by atoms with Crippen molar-refractivity contribution in [2.75, 3.05) is 0 Å². The van der Waals surface area contributed by atoms with E-state index in [0.717, 1.165) is 21.9 Å². The number of hydrogen-bond acceptors (Lipinski definition) is 4. The molecule has 0 bridgehead atoms. The zero-order valence-electron chi connectivity index (χ0n) is 29.2. The Morgan fingerprint density at radius 1 is 0.549 bits per heavy atom. The molecular weight excluding hydrogens is 696 g/mol. The van der Waals surface area contributed by atoms with E-state index in [1.807, 2.05) is 72.8 Å². The zero-order chi connectivity index (χ0) is 37.1. The molecule has 0 radical (unpaired) electrons. The second-order valence-electron chi connectivity index (χ2n) is 11.8. The van der Waals surface area contributed by atoms with Gasteiger partial charge in [-0.2, -0.15) is 48.5 Å². The third kappa shape index (κ3) is 11.2. The fourth-order valence-electron chi connectivity index (χ4n) is 5.07. The fourth-order valence-corrected chi connectivity index (χ4v) is 5.07. The Morgan fingerprint density at radius 3 is 1.04 bits per heavy atom. The van der Waals surface area contributed by atoms with Gasteiger partial charge in [0.15, 0.2) is 0 Å². The van der Waals surface area contributed by atoms with E-state index >= 15 is 0 Å². The van der Waals surface area contributed by atoms with Crippen LogP contribution in [0.15, 0.2) is 107 Å². The summed E-state index contributed by atoms with van der Waals surface area (Å²) in [6, 6.07) is 27.7. The summed E-state index contributed by atoms with van der Waals surface area (Å²) in [5.74, 6) is -4.56. The molecule has 0 saturated carbocycles. The molecule has 4 amide bonds. The monoisotopic (exact) mass is 734 g/mol. The number of hydrogen-bond donors (Lipinski definition) is 0. The fraction of sp³-hybridized carbons (Fsp3) is 0.250. The van der Waals surface area contributed by atoms with Crippen LogP contribution in [-0.4, -0.2) is 45.5 Å². The molecule has 6 rings (SSSR count). The molecule has 51 heavy (non-hydrogen) atoms. The first-order valence-corrected chi connectivity index (χ1v) is 15.8. The van der Waals surface area contributed by atoms with Crippen LogP contribution in [0, 0.1) is 35.4 Å². The maximum atomic E-state index is 13.6. The first-order chi connectivity index (χ1) is 23.6. The standard InChI is InChI=1S/2C15H14F2NO2.2C5H5.Ti/c2*1-8(6-11-4-5-12(16)7-13(11)17)18-14(19)9(2)10(3)15(18)20;2*1-2-4-5-3-1;/h2*4-5,8H,6H2,1-3H3;2*1-5H;/q4*-1;+4. The average molecular weight is 735 g/mol. The van der Waals surface area contributed by atoms with Gasteiger partial charge in [-0.25, -0.2) is 41.8 Å². The van der Waals surface area contributed by atoms with E-state index in [-0.39, 0.29) is 69.3 Å². The molecule has 4 aromatic rings. The molecule has 2 aliphatic rings. The van der Waals surface area contributed by atoms with Crippen LogP contribution in [0.4, 0.5) is 17.6 Å². The predicted molar refractivity (Wildman–Crippen MR) is 181 cm³/mol. The molecule has 4 aromatic carbocycles. The molecule has 0 spiro atoms. The molecule has 6 nitrogen and oxygen atoms in total. The first kappa shape index (κ1) is 42.5. The van der Waals surface area contributed by atoms with E-state index in [1.54, 1.807) is 41.5 Å². The van der Waals surface area contributed by atoms with Gasteiger partial charge in [0.05, 0.1) is 0 Å². The number of nitrogens with zero attached hydrogens (tertiary/aromatic N) is 2. The van der Waals surface area contributed by atoms with E-state index in [9.17, 15) is 36.7 Å². The summed E-state index contributed by atoms with van der Waals surface area (Å²) >= 11 is 0. The van der Waals surface area contributed by atoms with Crippen LogP contribution in [0.2, 0.25) is 0 Å². The van der Waals surface area contributed by atoms with Crippen LogP contribution in [0.25, 0.3) is 0 Å². The van der Waals surface area contributed by atoms with Crippen LogP contribution in [0.3, 0.4) is 0 Å². The second kappa shape index (κ2) is 19.7. The van der Waals surface area contributed by atoms with E-state index in [0.29, 0.717) is 22.3 Å². The van der Waals surface area contributed by atoms with Crippen LogP contribution < -0.4 is 0 Å². The Balaban J connectivity index is 0.000000273. The molecule has 264 valence electrons. The molecule has 2 atom stereocenters. The number of rotatable bonds is 6. The van der Waals surface area contributed by atoms with Gasteiger partial charge in [0.25, 0.3) is 23.6 Å². The number of carbonyl (C=O) groups is 4. The molecule has 11 heteroatoms. The van der Waals surface area contributed by atoms with Crippen molar-refractivity contribution in [3.63, 3.8) is 0 Å². The van der Waals surface area contributed by atoms with Crippen molar-refractivity contribution in [3.05, 3.63) is 154 Å². The molecule has 0 fully saturated rings. The molecule has 0 aliphatic carbocycles. The summed E-state index contributed by atoms with van der Waals surface area (Å²) in [5, 5.41) is 0. The normalized spacial score (nSPS) is 15.0. The molecule has 0 aromatic heterocycles. The quantitative estimate of drug-likeness (QED) is 0.0886. The van der Waals surface area contributed by atoms with E-state index in [1.165, 1.54) is 12.1 Å². The summed E-state index contributed by atoms with van der Waals surface area (Å²) in [6.07, 6.45) is 0.251. The van der Waals surface area contributed by atoms with Gasteiger partial charge in [-0.15, -0.1) is 35.4 Å². The number of imide groups is 2. The Hall–Kier alpha value is -4.67. The molecule has 2 unspecified atom stereocenters. The summed E-state index contributed by atoms with van der Waals surface area (Å²) in [5.41, 5.74) is 2.09. The maximum Gasteiger partial charge on any atom is 4.00 e. The Morgan fingerprint density at radius 2 is 0.824 bits per heavy atom. The van der Waals surface area contributed by atoms with Gasteiger partial charge >= 0.3 is 21.7 Å². The summed E-state index contributed by atoms with van der Waals surface area (Å²) in [7, 11) is 0. The predicted octanol–water partition coefficient (Wildman–Crippen LogP) is 7.61. The number of amides is 4. The number of benzene rings is 2. The Labute approximate surface area is 311 Å². The third-order valence-electron chi connectivity index (χ3n) is 8.19. The molecule has 0 saturated heterocycles. The van der Waals surface area contributed by atoms with E-state index in [4.69, 9.17) is 0 Å². The van der Waals surface area contributed by atoms with Crippen molar-refractivity contribution in [2.24, 2.45) is 0 Å². The van der Waals surface area contributed by atoms with E-state index in [2.05, 4.69) is 0 Å². The number of halogens is 4. The second-order valence-corrected chi connectivity index (χ2v) is 11.8. The van der Waals surface area contributed by atoms with Gasteiger partial charge in [0.2, 0.25) is 0 Å². The minimum absolute atomic E-state index is 0. The molecule has 2 aliphatic heterocycles. The van der Waals surface area contributed by atoms with Crippen molar-refractivity contribution in [2.45, 2.75) is 66.5 Å². The van der Waals surface area contributed by atoms with Gasteiger partial charge in [-0.05, 0) is 41.5 Å². The van der Waals surface area contributed by atoms with Gasteiger partial charge in [-0.1, -0.05) is 12.8 Å².